The van der Waals surface area contributed by atoms with Crippen LogP contribution in [0.25, 0.3) is 0 Å². The molecule has 1 aromatic carbocycles. The molecule has 0 bridgehead atoms. The largest absolute Gasteiger partial charge is 0.370 e. The van der Waals surface area contributed by atoms with Gasteiger partial charge in [-0.2, -0.15) is 5.10 Å². The summed E-state index contributed by atoms with van der Waals surface area (Å²) < 4.78 is 0. The molecule has 0 fully saturated rings. The highest BCUT2D eigenvalue weighted by molar-refractivity contribution is 5.88. The van der Waals surface area contributed by atoms with Gasteiger partial charge in [-0.3, -0.25) is 5.10 Å². The van der Waals surface area contributed by atoms with Gasteiger partial charge < -0.3 is 15.5 Å². The molecule has 1 aromatic heterocycles. The second kappa shape index (κ2) is 6.60. The van der Waals surface area contributed by atoms with E-state index < -0.39 is 0 Å². The van der Waals surface area contributed by atoms with E-state index in [-0.39, 0.29) is 12.1 Å². The molecule has 20 heavy (non-hydrogen) atoms. The molecule has 1 heterocycles. The Kier molecular flexibility index (Phi) is 4.60. The van der Waals surface area contributed by atoms with Crippen molar-refractivity contribution >= 4 is 17.4 Å². The standard InChI is InChI=1S/C14H19N5O/c1-11(19(2)13-6-4-3-5-7-13)8-15-14(20)18-12-9-16-17-10-12/h3-7,9-11H,8H2,1-2H3,(H,16,17)(H2,15,18,20). The molecule has 0 saturated carbocycles. The number of anilines is 2. The number of hydrogen-bond donors (Lipinski definition) is 3. The van der Waals surface area contributed by atoms with Crippen LogP contribution in [0.2, 0.25) is 0 Å². The number of carbonyl (C=O) groups excluding carboxylic acids is 1. The van der Waals surface area contributed by atoms with Crippen LogP contribution in [-0.4, -0.2) is 35.9 Å². The summed E-state index contributed by atoms with van der Waals surface area (Å²) in [7, 11) is 2.01. The summed E-state index contributed by atoms with van der Waals surface area (Å²) >= 11 is 0. The van der Waals surface area contributed by atoms with Crippen molar-refractivity contribution < 1.29 is 4.79 Å². The molecule has 0 aliphatic carbocycles. The molecule has 0 aliphatic heterocycles. The van der Waals surface area contributed by atoms with Crippen molar-refractivity contribution in [3.63, 3.8) is 0 Å². The van der Waals surface area contributed by atoms with Crippen LogP contribution in [0.5, 0.6) is 0 Å². The number of benzene rings is 1. The lowest BCUT2D eigenvalue weighted by atomic mass is 10.2. The number of carbonyl (C=O) groups is 1. The third-order valence-electron chi connectivity index (χ3n) is 3.14. The Labute approximate surface area is 118 Å². The molecule has 0 radical (unpaired) electrons. The van der Waals surface area contributed by atoms with Gasteiger partial charge in [-0.25, -0.2) is 4.79 Å². The highest BCUT2D eigenvalue weighted by Crippen LogP contribution is 2.13. The number of aromatic nitrogens is 2. The van der Waals surface area contributed by atoms with E-state index in [0.29, 0.717) is 12.2 Å². The molecule has 6 heteroatoms. The molecule has 0 aliphatic rings. The molecule has 6 nitrogen and oxygen atoms in total. The predicted octanol–water partition coefficient (Wildman–Crippen LogP) is 2.06. The highest BCUT2D eigenvalue weighted by Gasteiger charge is 2.11. The molecule has 1 atom stereocenters. The normalized spacial score (nSPS) is 11.7. The number of nitrogens with zero attached hydrogens (tertiary/aromatic N) is 2. The number of para-hydroxylation sites is 1. The first-order chi connectivity index (χ1) is 9.66. The third kappa shape index (κ3) is 3.74. The van der Waals surface area contributed by atoms with E-state index >= 15 is 0 Å². The average Bonchev–Trinajstić information content (AvgIpc) is 2.97. The number of amides is 2. The van der Waals surface area contributed by atoms with Gasteiger partial charge in [-0.1, -0.05) is 18.2 Å². The number of aromatic amines is 1. The van der Waals surface area contributed by atoms with Gasteiger partial charge in [0.15, 0.2) is 0 Å². The monoisotopic (exact) mass is 273 g/mol. The van der Waals surface area contributed by atoms with E-state index in [2.05, 4.69) is 32.7 Å². The van der Waals surface area contributed by atoms with Crippen molar-refractivity contribution in [2.75, 3.05) is 23.8 Å². The zero-order chi connectivity index (χ0) is 14.4. The zero-order valence-electron chi connectivity index (χ0n) is 11.6. The van der Waals surface area contributed by atoms with E-state index in [0.717, 1.165) is 5.69 Å². The highest BCUT2D eigenvalue weighted by atomic mass is 16.2. The second-order valence-corrected chi connectivity index (χ2v) is 4.62. The fourth-order valence-electron chi connectivity index (χ4n) is 1.79. The molecule has 2 amide bonds. The summed E-state index contributed by atoms with van der Waals surface area (Å²) in [6.07, 6.45) is 3.18. The number of likely N-dealkylation sites (N-methyl/N-ethyl adjacent to an activating group) is 1. The Morgan fingerprint density at radius 3 is 2.80 bits per heavy atom. The van der Waals surface area contributed by atoms with Crippen molar-refractivity contribution in [1.82, 2.24) is 15.5 Å². The minimum Gasteiger partial charge on any atom is -0.370 e. The van der Waals surface area contributed by atoms with E-state index in [4.69, 9.17) is 0 Å². The number of nitrogens with one attached hydrogen (secondary N) is 3. The van der Waals surface area contributed by atoms with Gasteiger partial charge in [0.05, 0.1) is 11.9 Å². The molecular formula is C14H19N5O. The van der Waals surface area contributed by atoms with Crippen LogP contribution in [-0.2, 0) is 0 Å². The van der Waals surface area contributed by atoms with Crippen LogP contribution < -0.4 is 15.5 Å². The Hall–Kier alpha value is -2.50. The summed E-state index contributed by atoms with van der Waals surface area (Å²) in [6, 6.07) is 10.0. The Bertz CT molecular complexity index is 526. The fourth-order valence-corrected chi connectivity index (χ4v) is 1.79. The Morgan fingerprint density at radius 2 is 2.15 bits per heavy atom. The van der Waals surface area contributed by atoms with Crippen molar-refractivity contribution in [3.8, 4) is 0 Å². The van der Waals surface area contributed by atoms with Crippen LogP contribution in [0.3, 0.4) is 0 Å². The smallest absolute Gasteiger partial charge is 0.319 e. The molecular weight excluding hydrogens is 254 g/mol. The van der Waals surface area contributed by atoms with Crippen molar-refractivity contribution in [2.45, 2.75) is 13.0 Å². The fraction of sp³-hybridized carbons (Fsp3) is 0.286. The van der Waals surface area contributed by atoms with Crippen LogP contribution in [0.15, 0.2) is 42.7 Å². The van der Waals surface area contributed by atoms with Crippen LogP contribution in [0.1, 0.15) is 6.92 Å². The maximum absolute atomic E-state index is 11.7. The minimum absolute atomic E-state index is 0.187. The van der Waals surface area contributed by atoms with Gasteiger partial charge in [-0.15, -0.1) is 0 Å². The summed E-state index contributed by atoms with van der Waals surface area (Å²) in [4.78, 5) is 13.8. The zero-order valence-corrected chi connectivity index (χ0v) is 11.6. The van der Waals surface area contributed by atoms with Crippen LogP contribution in [0, 0.1) is 0 Å². The molecule has 2 rings (SSSR count). The molecule has 0 spiro atoms. The van der Waals surface area contributed by atoms with Crippen LogP contribution in [0.4, 0.5) is 16.2 Å². The van der Waals surface area contributed by atoms with Gasteiger partial charge in [-0.05, 0) is 19.1 Å². The van der Waals surface area contributed by atoms with E-state index in [1.807, 2.05) is 37.4 Å². The van der Waals surface area contributed by atoms with Crippen molar-refractivity contribution in [3.05, 3.63) is 42.7 Å². The van der Waals surface area contributed by atoms with E-state index in [1.165, 1.54) is 0 Å². The van der Waals surface area contributed by atoms with Gasteiger partial charge in [0.2, 0.25) is 0 Å². The van der Waals surface area contributed by atoms with E-state index in [1.54, 1.807) is 12.4 Å². The summed E-state index contributed by atoms with van der Waals surface area (Å²) in [6.45, 7) is 2.61. The average molecular weight is 273 g/mol. The van der Waals surface area contributed by atoms with E-state index in [9.17, 15) is 4.79 Å². The van der Waals surface area contributed by atoms with Gasteiger partial charge in [0, 0.05) is 31.5 Å². The van der Waals surface area contributed by atoms with Crippen LogP contribution >= 0.6 is 0 Å². The number of rotatable bonds is 5. The lowest BCUT2D eigenvalue weighted by Gasteiger charge is -2.27. The second-order valence-electron chi connectivity index (χ2n) is 4.62. The quantitative estimate of drug-likeness (QED) is 0.780. The SMILES string of the molecule is CC(CNC(=O)Nc1cn[nH]c1)N(C)c1ccccc1. The number of H-pyrrole nitrogens is 1. The first-order valence-electron chi connectivity index (χ1n) is 6.48. The number of urea groups is 1. The minimum atomic E-state index is -0.236. The number of hydrogen-bond acceptors (Lipinski definition) is 3. The lowest BCUT2D eigenvalue weighted by molar-refractivity contribution is 0.251. The van der Waals surface area contributed by atoms with Gasteiger partial charge in [0.1, 0.15) is 0 Å². The maximum atomic E-state index is 11.7. The third-order valence-corrected chi connectivity index (χ3v) is 3.14. The van der Waals surface area contributed by atoms with Crippen molar-refractivity contribution in [1.29, 1.82) is 0 Å². The Morgan fingerprint density at radius 1 is 1.40 bits per heavy atom. The lowest BCUT2D eigenvalue weighted by Crippen LogP contribution is -2.41. The molecule has 1 unspecified atom stereocenters. The maximum Gasteiger partial charge on any atom is 0.319 e. The topological polar surface area (TPSA) is 73.0 Å². The molecule has 106 valence electrons. The first kappa shape index (κ1) is 13.9. The summed E-state index contributed by atoms with van der Waals surface area (Å²) in [5.74, 6) is 0. The van der Waals surface area contributed by atoms with Gasteiger partial charge in [0.25, 0.3) is 0 Å². The van der Waals surface area contributed by atoms with Gasteiger partial charge >= 0.3 is 6.03 Å². The Balaban J connectivity index is 1.80. The molecule has 0 saturated heterocycles. The summed E-state index contributed by atoms with van der Waals surface area (Å²) in [5.41, 5.74) is 1.77. The molecule has 3 N–H and O–H groups in total. The predicted molar refractivity (Wildman–Crippen MR) is 79.9 cm³/mol. The first-order valence-corrected chi connectivity index (χ1v) is 6.48. The molecule has 2 aromatic rings. The van der Waals surface area contributed by atoms with Crippen molar-refractivity contribution in [2.24, 2.45) is 0 Å². The summed E-state index contributed by atoms with van der Waals surface area (Å²) in [5, 5.41) is 11.9.